The molecule has 0 radical (unpaired) electrons. The monoisotopic (exact) mass is 340 g/mol. The van der Waals surface area contributed by atoms with Crippen LogP contribution in [0.25, 0.3) is 11.4 Å². The highest BCUT2D eigenvalue weighted by Crippen LogP contribution is 2.22. The van der Waals surface area contributed by atoms with Crippen molar-refractivity contribution >= 4 is 23.6 Å². The summed E-state index contributed by atoms with van der Waals surface area (Å²) in [6, 6.07) is 15.2. The van der Waals surface area contributed by atoms with Gasteiger partial charge >= 0.3 is 0 Å². The average molecular weight is 341 g/mol. The summed E-state index contributed by atoms with van der Waals surface area (Å²) in [5.74, 6) is 0.801. The van der Waals surface area contributed by atoms with Crippen LogP contribution in [0.3, 0.4) is 0 Å². The van der Waals surface area contributed by atoms with Crippen molar-refractivity contribution in [1.29, 1.82) is 0 Å². The maximum absolute atomic E-state index is 9.70. The Morgan fingerprint density at radius 1 is 1.00 bits per heavy atom. The third-order valence-electron chi connectivity index (χ3n) is 3.12. The molecule has 0 bridgehead atoms. The van der Waals surface area contributed by atoms with Gasteiger partial charge in [-0.25, -0.2) is 9.97 Å². The molecule has 0 amide bonds. The number of hydrazone groups is 1. The van der Waals surface area contributed by atoms with Crippen LogP contribution in [-0.2, 0) is 0 Å². The van der Waals surface area contributed by atoms with Gasteiger partial charge in [-0.1, -0.05) is 41.9 Å². The number of hydrogen-bond donors (Lipinski definition) is 3. The Morgan fingerprint density at radius 2 is 1.79 bits per heavy atom. The third kappa shape index (κ3) is 3.80. The summed E-state index contributed by atoms with van der Waals surface area (Å²) < 4.78 is 0. The van der Waals surface area contributed by atoms with Crippen molar-refractivity contribution in [3.05, 3.63) is 65.3 Å². The zero-order chi connectivity index (χ0) is 16.9. The van der Waals surface area contributed by atoms with Gasteiger partial charge < -0.3 is 10.2 Å². The number of aromatic nitrogens is 2. The van der Waals surface area contributed by atoms with Gasteiger partial charge in [-0.15, -0.1) is 0 Å². The van der Waals surface area contributed by atoms with Crippen molar-refractivity contribution in [2.24, 2.45) is 5.10 Å². The van der Waals surface area contributed by atoms with Gasteiger partial charge in [0.15, 0.2) is 11.6 Å². The normalized spacial score (nSPS) is 10.9. The fourth-order valence-electron chi connectivity index (χ4n) is 2.00. The highest BCUT2D eigenvalue weighted by molar-refractivity contribution is 6.29. The Morgan fingerprint density at radius 3 is 2.54 bits per heavy atom. The number of aromatic hydroxyl groups is 2. The number of nitrogens with one attached hydrogen (secondary N) is 1. The van der Waals surface area contributed by atoms with Gasteiger partial charge in [0.1, 0.15) is 16.7 Å². The summed E-state index contributed by atoms with van der Waals surface area (Å²) >= 11 is 6.03. The Kier molecular flexibility index (Phi) is 4.58. The van der Waals surface area contributed by atoms with Crippen LogP contribution in [0.1, 0.15) is 5.56 Å². The standard InChI is InChI=1S/C17H13ClN4O2/c18-15-9-16(21-17(20-15)11-4-2-1-3-5-11)22-19-10-12-6-7-13(23)8-14(12)24/h1-10,23-24H,(H,20,21,22)/b19-10+. The summed E-state index contributed by atoms with van der Waals surface area (Å²) in [4.78, 5) is 8.54. The van der Waals surface area contributed by atoms with Crippen molar-refractivity contribution in [3.8, 4) is 22.9 Å². The van der Waals surface area contributed by atoms with Gasteiger partial charge in [-0.2, -0.15) is 5.10 Å². The number of phenols is 2. The van der Waals surface area contributed by atoms with E-state index in [-0.39, 0.29) is 16.7 Å². The summed E-state index contributed by atoms with van der Waals surface area (Å²) in [6.45, 7) is 0. The van der Waals surface area contributed by atoms with Crippen LogP contribution in [0.4, 0.5) is 5.82 Å². The molecule has 0 aliphatic heterocycles. The molecular formula is C17H13ClN4O2. The van der Waals surface area contributed by atoms with Crippen molar-refractivity contribution in [2.75, 3.05) is 5.43 Å². The molecule has 0 spiro atoms. The Hall–Kier alpha value is -3.12. The lowest BCUT2D eigenvalue weighted by Crippen LogP contribution is -1.97. The van der Waals surface area contributed by atoms with Gasteiger partial charge in [0.2, 0.25) is 0 Å². The molecule has 24 heavy (non-hydrogen) atoms. The molecule has 3 rings (SSSR count). The predicted octanol–water partition coefficient (Wildman–Crippen LogP) is 3.65. The third-order valence-corrected chi connectivity index (χ3v) is 3.32. The summed E-state index contributed by atoms with van der Waals surface area (Å²) in [5, 5.41) is 23.3. The number of phenolic OH excluding ortho intramolecular Hbond substituents is 2. The van der Waals surface area contributed by atoms with E-state index in [0.29, 0.717) is 17.2 Å². The molecule has 1 aromatic heterocycles. The molecule has 0 aliphatic carbocycles. The Bertz CT molecular complexity index is 885. The minimum Gasteiger partial charge on any atom is -0.508 e. The molecular weight excluding hydrogens is 328 g/mol. The minimum absolute atomic E-state index is 0.0207. The molecule has 3 aromatic rings. The molecule has 0 atom stereocenters. The van der Waals surface area contributed by atoms with Crippen LogP contribution >= 0.6 is 11.6 Å². The molecule has 0 saturated heterocycles. The molecule has 0 fully saturated rings. The zero-order valence-electron chi connectivity index (χ0n) is 12.4. The topological polar surface area (TPSA) is 90.6 Å². The summed E-state index contributed by atoms with van der Waals surface area (Å²) in [7, 11) is 0. The molecule has 6 nitrogen and oxygen atoms in total. The van der Waals surface area contributed by atoms with E-state index in [1.54, 1.807) is 6.07 Å². The lowest BCUT2D eigenvalue weighted by atomic mass is 10.2. The van der Waals surface area contributed by atoms with Crippen molar-refractivity contribution < 1.29 is 10.2 Å². The van der Waals surface area contributed by atoms with Crippen molar-refractivity contribution in [2.45, 2.75) is 0 Å². The lowest BCUT2D eigenvalue weighted by molar-refractivity contribution is 0.450. The van der Waals surface area contributed by atoms with E-state index >= 15 is 0 Å². The first kappa shape index (κ1) is 15.8. The molecule has 7 heteroatoms. The second-order valence-electron chi connectivity index (χ2n) is 4.88. The van der Waals surface area contributed by atoms with E-state index in [1.807, 2.05) is 30.3 Å². The minimum atomic E-state index is -0.0776. The Labute approximate surface area is 143 Å². The van der Waals surface area contributed by atoms with Crippen LogP contribution < -0.4 is 5.43 Å². The highest BCUT2D eigenvalue weighted by Gasteiger charge is 2.05. The maximum Gasteiger partial charge on any atom is 0.163 e. The van der Waals surface area contributed by atoms with Crippen molar-refractivity contribution in [1.82, 2.24) is 9.97 Å². The molecule has 0 aliphatic rings. The number of hydrogen-bond acceptors (Lipinski definition) is 6. The van der Waals surface area contributed by atoms with E-state index < -0.39 is 0 Å². The molecule has 2 aromatic carbocycles. The number of anilines is 1. The van der Waals surface area contributed by atoms with Gasteiger partial charge in [0.25, 0.3) is 0 Å². The maximum atomic E-state index is 9.70. The fourth-order valence-corrected chi connectivity index (χ4v) is 2.18. The number of halogens is 1. The van der Waals surface area contributed by atoms with Crippen LogP contribution in [0.15, 0.2) is 59.7 Å². The first-order valence-electron chi connectivity index (χ1n) is 7.03. The molecule has 1 heterocycles. The van der Waals surface area contributed by atoms with E-state index in [9.17, 15) is 10.2 Å². The van der Waals surface area contributed by atoms with E-state index in [0.717, 1.165) is 5.56 Å². The summed E-state index contributed by atoms with van der Waals surface area (Å²) in [5.41, 5.74) is 4.03. The van der Waals surface area contributed by atoms with Crippen LogP contribution in [0.2, 0.25) is 5.15 Å². The van der Waals surface area contributed by atoms with Crippen LogP contribution in [-0.4, -0.2) is 26.4 Å². The quantitative estimate of drug-likeness (QED) is 0.383. The van der Waals surface area contributed by atoms with Gasteiger partial charge in [-0.05, 0) is 12.1 Å². The van der Waals surface area contributed by atoms with Gasteiger partial charge in [0.05, 0.1) is 6.21 Å². The van der Waals surface area contributed by atoms with E-state index in [1.165, 1.54) is 24.4 Å². The van der Waals surface area contributed by atoms with E-state index in [2.05, 4.69) is 20.5 Å². The van der Waals surface area contributed by atoms with Crippen LogP contribution in [0.5, 0.6) is 11.5 Å². The predicted molar refractivity (Wildman–Crippen MR) is 93.5 cm³/mol. The smallest absolute Gasteiger partial charge is 0.163 e. The van der Waals surface area contributed by atoms with Crippen LogP contribution in [0, 0.1) is 0 Å². The Balaban J connectivity index is 1.80. The first-order chi connectivity index (χ1) is 11.6. The zero-order valence-corrected chi connectivity index (χ0v) is 13.1. The summed E-state index contributed by atoms with van der Waals surface area (Å²) in [6.07, 6.45) is 1.41. The molecule has 3 N–H and O–H groups in total. The largest absolute Gasteiger partial charge is 0.508 e. The number of benzene rings is 2. The SMILES string of the molecule is Oc1ccc(/C=N/Nc2cc(Cl)nc(-c3ccccc3)n2)c(O)c1. The molecule has 120 valence electrons. The first-order valence-corrected chi connectivity index (χ1v) is 7.41. The van der Waals surface area contributed by atoms with E-state index in [4.69, 9.17) is 11.6 Å². The number of nitrogens with zero attached hydrogens (tertiary/aromatic N) is 3. The fraction of sp³-hybridized carbons (Fsp3) is 0. The second kappa shape index (κ2) is 6.97. The van der Waals surface area contributed by atoms with Gasteiger partial charge in [0, 0.05) is 23.3 Å². The van der Waals surface area contributed by atoms with Crippen molar-refractivity contribution in [3.63, 3.8) is 0 Å². The second-order valence-corrected chi connectivity index (χ2v) is 5.27. The lowest BCUT2D eigenvalue weighted by Gasteiger charge is -2.05. The highest BCUT2D eigenvalue weighted by atomic mass is 35.5. The molecule has 0 unspecified atom stereocenters. The van der Waals surface area contributed by atoms with Gasteiger partial charge in [-0.3, -0.25) is 5.43 Å². The molecule has 0 saturated carbocycles. The number of rotatable bonds is 4. The average Bonchev–Trinajstić information content (AvgIpc) is 2.57.